The molecule has 5 heteroatoms. The van der Waals surface area contributed by atoms with E-state index in [-0.39, 0.29) is 5.56 Å². The molecule has 1 heterocycles. The summed E-state index contributed by atoms with van der Waals surface area (Å²) in [4.78, 5) is 14.5. The summed E-state index contributed by atoms with van der Waals surface area (Å²) >= 11 is 0. The van der Waals surface area contributed by atoms with Gasteiger partial charge in [-0.1, -0.05) is 18.2 Å². The fraction of sp³-hybridized carbons (Fsp3) is 0.286. The quantitative estimate of drug-likeness (QED) is 0.612. The van der Waals surface area contributed by atoms with Crippen molar-refractivity contribution in [2.45, 2.75) is 12.8 Å². The molecule has 0 spiro atoms. The molecule has 0 atom stereocenters. The number of nitrogens with one attached hydrogen (secondary N) is 2. The topological polar surface area (TPSA) is 63.4 Å². The van der Waals surface area contributed by atoms with Crippen LogP contribution in [0, 0.1) is 0 Å². The van der Waals surface area contributed by atoms with Crippen molar-refractivity contribution in [1.29, 1.82) is 0 Å². The van der Waals surface area contributed by atoms with Crippen molar-refractivity contribution in [2.75, 3.05) is 27.3 Å². The summed E-state index contributed by atoms with van der Waals surface area (Å²) in [6, 6.07) is 15.5. The molecule has 2 aromatic carbocycles. The molecular formula is C21H24N2O3. The van der Waals surface area contributed by atoms with E-state index in [0.717, 1.165) is 42.6 Å². The van der Waals surface area contributed by atoms with E-state index < -0.39 is 0 Å². The average Bonchev–Trinajstić information content (AvgIpc) is 2.68. The van der Waals surface area contributed by atoms with Crippen molar-refractivity contribution in [3.8, 4) is 11.5 Å². The van der Waals surface area contributed by atoms with E-state index in [9.17, 15) is 4.79 Å². The molecule has 0 saturated carbocycles. The molecule has 0 radical (unpaired) electrons. The van der Waals surface area contributed by atoms with Crippen molar-refractivity contribution in [1.82, 2.24) is 10.3 Å². The molecule has 0 fully saturated rings. The first-order valence-electron chi connectivity index (χ1n) is 8.74. The zero-order valence-electron chi connectivity index (χ0n) is 15.2. The van der Waals surface area contributed by atoms with Crippen LogP contribution >= 0.6 is 0 Å². The molecule has 0 amide bonds. The number of rotatable bonds is 8. The Kier molecular flexibility index (Phi) is 5.92. The largest absolute Gasteiger partial charge is 0.497 e. The van der Waals surface area contributed by atoms with Gasteiger partial charge in [-0.2, -0.15) is 0 Å². The highest BCUT2D eigenvalue weighted by Crippen LogP contribution is 2.25. The molecule has 0 aliphatic rings. The van der Waals surface area contributed by atoms with Gasteiger partial charge in [0, 0.05) is 11.5 Å². The Morgan fingerprint density at radius 2 is 1.65 bits per heavy atom. The maximum atomic E-state index is 11.6. The highest BCUT2D eigenvalue weighted by molar-refractivity contribution is 5.87. The number of benzene rings is 2. The lowest BCUT2D eigenvalue weighted by Crippen LogP contribution is -2.20. The lowest BCUT2D eigenvalue weighted by Gasteiger charge is -2.11. The number of ether oxygens (including phenoxy) is 2. The first-order chi connectivity index (χ1) is 12.7. The van der Waals surface area contributed by atoms with Crippen LogP contribution in [0.2, 0.25) is 0 Å². The molecule has 0 unspecified atom stereocenters. The Hall–Kier alpha value is -2.79. The minimum Gasteiger partial charge on any atom is -0.497 e. The maximum absolute atomic E-state index is 11.6. The molecule has 3 rings (SSSR count). The summed E-state index contributed by atoms with van der Waals surface area (Å²) in [5.74, 6) is 1.57. The van der Waals surface area contributed by atoms with Crippen molar-refractivity contribution in [3.63, 3.8) is 0 Å². The fourth-order valence-corrected chi connectivity index (χ4v) is 3.05. The van der Waals surface area contributed by atoms with E-state index in [1.807, 2.05) is 24.3 Å². The molecule has 0 bridgehead atoms. The number of aromatic amines is 1. The summed E-state index contributed by atoms with van der Waals surface area (Å²) in [5.41, 5.74) is 3.11. The van der Waals surface area contributed by atoms with Crippen LogP contribution in [0.5, 0.6) is 11.5 Å². The first kappa shape index (κ1) is 18.0. The first-order valence-corrected chi connectivity index (χ1v) is 8.74. The molecular weight excluding hydrogens is 328 g/mol. The van der Waals surface area contributed by atoms with Gasteiger partial charge in [-0.25, -0.2) is 0 Å². The van der Waals surface area contributed by atoms with Gasteiger partial charge in [0.05, 0.1) is 19.7 Å². The van der Waals surface area contributed by atoms with E-state index in [1.54, 1.807) is 20.3 Å². The SMILES string of the molecule is COc1ccc(CCNCCc2ccc(OC)c3[nH]c(=O)ccc23)cc1. The molecule has 5 nitrogen and oxygen atoms in total. The Bertz CT molecular complexity index is 917. The fourth-order valence-electron chi connectivity index (χ4n) is 3.05. The van der Waals surface area contributed by atoms with Gasteiger partial charge in [0.25, 0.3) is 0 Å². The minimum absolute atomic E-state index is 0.120. The van der Waals surface area contributed by atoms with Gasteiger partial charge in [0.15, 0.2) is 0 Å². The highest BCUT2D eigenvalue weighted by Gasteiger charge is 2.07. The second-order valence-corrected chi connectivity index (χ2v) is 6.14. The van der Waals surface area contributed by atoms with Gasteiger partial charge in [-0.05, 0) is 61.3 Å². The molecule has 1 aromatic heterocycles. The van der Waals surface area contributed by atoms with E-state index in [1.165, 1.54) is 11.1 Å². The predicted octanol–water partition coefficient (Wildman–Crippen LogP) is 2.92. The molecule has 0 aliphatic heterocycles. The van der Waals surface area contributed by atoms with Crippen molar-refractivity contribution >= 4 is 10.9 Å². The van der Waals surface area contributed by atoms with Crippen LogP contribution in [0.15, 0.2) is 53.3 Å². The molecule has 0 aliphatic carbocycles. The molecule has 3 aromatic rings. The average molecular weight is 352 g/mol. The van der Waals surface area contributed by atoms with Crippen LogP contribution in [-0.4, -0.2) is 32.3 Å². The molecule has 26 heavy (non-hydrogen) atoms. The predicted molar refractivity (Wildman–Crippen MR) is 104 cm³/mol. The van der Waals surface area contributed by atoms with E-state index in [0.29, 0.717) is 5.75 Å². The van der Waals surface area contributed by atoms with Crippen LogP contribution < -0.4 is 20.3 Å². The number of aromatic nitrogens is 1. The third-order valence-corrected chi connectivity index (χ3v) is 4.49. The second-order valence-electron chi connectivity index (χ2n) is 6.14. The van der Waals surface area contributed by atoms with E-state index in [4.69, 9.17) is 9.47 Å². The van der Waals surface area contributed by atoms with Crippen LogP contribution in [0.4, 0.5) is 0 Å². The third kappa shape index (κ3) is 4.24. The summed E-state index contributed by atoms with van der Waals surface area (Å²) < 4.78 is 10.5. The smallest absolute Gasteiger partial charge is 0.248 e. The van der Waals surface area contributed by atoms with Gasteiger partial charge < -0.3 is 19.8 Å². The van der Waals surface area contributed by atoms with E-state index in [2.05, 4.69) is 28.5 Å². The Morgan fingerprint density at radius 1 is 0.885 bits per heavy atom. The summed E-state index contributed by atoms with van der Waals surface area (Å²) in [5, 5.41) is 4.51. The number of fused-ring (bicyclic) bond motifs is 1. The van der Waals surface area contributed by atoms with Gasteiger partial charge >= 0.3 is 0 Å². The standard InChI is InChI=1S/C21H24N2O3/c1-25-17-6-3-15(4-7-17)11-13-22-14-12-16-5-9-19(26-2)21-18(16)8-10-20(24)23-21/h3-10,22H,11-14H2,1-2H3,(H,23,24). The number of pyridine rings is 1. The molecule has 0 saturated heterocycles. The van der Waals surface area contributed by atoms with Crippen LogP contribution in [-0.2, 0) is 12.8 Å². The Morgan fingerprint density at radius 3 is 2.38 bits per heavy atom. The molecule has 136 valence electrons. The number of hydrogen-bond acceptors (Lipinski definition) is 4. The van der Waals surface area contributed by atoms with Crippen LogP contribution in [0.25, 0.3) is 10.9 Å². The Balaban J connectivity index is 1.57. The zero-order valence-corrected chi connectivity index (χ0v) is 15.2. The molecule has 2 N–H and O–H groups in total. The van der Waals surface area contributed by atoms with Gasteiger partial charge in [0.1, 0.15) is 11.5 Å². The van der Waals surface area contributed by atoms with Crippen molar-refractivity contribution in [2.24, 2.45) is 0 Å². The van der Waals surface area contributed by atoms with E-state index >= 15 is 0 Å². The second kappa shape index (κ2) is 8.54. The van der Waals surface area contributed by atoms with Crippen molar-refractivity contribution < 1.29 is 9.47 Å². The highest BCUT2D eigenvalue weighted by atomic mass is 16.5. The normalized spacial score (nSPS) is 10.8. The lowest BCUT2D eigenvalue weighted by atomic mass is 10.0. The van der Waals surface area contributed by atoms with Crippen molar-refractivity contribution in [3.05, 3.63) is 70.0 Å². The number of methoxy groups -OCH3 is 2. The minimum atomic E-state index is -0.120. The number of H-pyrrole nitrogens is 1. The number of hydrogen-bond donors (Lipinski definition) is 2. The monoisotopic (exact) mass is 352 g/mol. The van der Waals surface area contributed by atoms with Gasteiger partial charge in [-0.15, -0.1) is 0 Å². The lowest BCUT2D eigenvalue weighted by molar-refractivity contribution is 0.414. The summed E-state index contributed by atoms with van der Waals surface area (Å²) in [6.07, 6.45) is 1.86. The summed E-state index contributed by atoms with van der Waals surface area (Å²) in [6.45, 7) is 1.79. The maximum Gasteiger partial charge on any atom is 0.248 e. The van der Waals surface area contributed by atoms with Crippen LogP contribution in [0.3, 0.4) is 0 Å². The summed E-state index contributed by atoms with van der Waals surface area (Å²) in [7, 11) is 3.29. The van der Waals surface area contributed by atoms with Gasteiger partial charge in [0.2, 0.25) is 5.56 Å². The Labute approximate surface area is 153 Å². The van der Waals surface area contributed by atoms with Gasteiger partial charge in [-0.3, -0.25) is 4.79 Å². The van der Waals surface area contributed by atoms with Crippen LogP contribution in [0.1, 0.15) is 11.1 Å². The third-order valence-electron chi connectivity index (χ3n) is 4.49. The zero-order chi connectivity index (χ0) is 18.4.